The fourth-order valence-electron chi connectivity index (χ4n) is 1.98. The zero-order valence-corrected chi connectivity index (χ0v) is 12.2. The highest BCUT2D eigenvalue weighted by Crippen LogP contribution is 2.21. The molecule has 0 aliphatic carbocycles. The topological polar surface area (TPSA) is 92.4 Å². The van der Waals surface area contributed by atoms with Gasteiger partial charge in [0.2, 0.25) is 5.91 Å². The standard InChI is InChI=1S/C15H16N2O3S/c16-14(18)7-10-3-1-2-4-13(10)17-9-12-6-5-11(21-12)8-15(19)20/h1-6,17H,7-9H2,(H2,16,18)(H,19,20). The van der Waals surface area contributed by atoms with Gasteiger partial charge >= 0.3 is 5.97 Å². The number of nitrogens with one attached hydrogen (secondary N) is 1. The summed E-state index contributed by atoms with van der Waals surface area (Å²) in [5.41, 5.74) is 6.95. The molecule has 0 radical (unpaired) electrons. The van der Waals surface area contributed by atoms with Crippen LogP contribution in [0.1, 0.15) is 15.3 Å². The Morgan fingerprint density at radius 2 is 1.81 bits per heavy atom. The number of primary amides is 1. The SMILES string of the molecule is NC(=O)Cc1ccccc1NCc1ccc(CC(=O)O)s1. The minimum absolute atomic E-state index is 0.0446. The smallest absolute Gasteiger partial charge is 0.308 e. The number of thiophene rings is 1. The first-order valence-corrected chi connectivity index (χ1v) is 7.25. The molecule has 0 aliphatic rings. The van der Waals surface area contributed by atoms with E-state index in [4.69, 9.17) is 10.8 Å². The maximum Gasteiger partial charge on any atom is 0.308 e. The summed E-state index contributed by atoms with van der Waals surface area (Å²) < 4.78 is 0. The second kappa shape index (κ2) is 6.90. The Bertz CT molecular complexity index is 652. The first kappa shape index (κ1) is 15.1. The quantitative estimate of drug-likeness (QED) is 0.729. The van der Waals surface area contributed by atoms with E-state index in [1.807, 2.05) is 36.4 Å². The summed E-state index contributed by atoms with van der Waals surface area (Å²) in [7, 11) is 0. The van der Waals surface area contributed by atoms with Crippen LogP contribution in [0.3, 0.4) is 0 Å². The third-order valence-electron chi connectivity index (χ3n) is 2.88. The normalized spacial score (nSPS) is 10.3. The van der Waals surface area contributed by atoms with Crippen molar-refractivity contribution >= 4 is 28.9 Å². The highest BCUT2D eigenvalue weighted by Gasteiger charge is 2.07. The van der Waals surface area contributed by atoms with Crippen LogP contribution < -0.4 is 11.1 Å². The first-order chi connectivity index (χ1) is 10.0. The van der Waals surface area contributed by atoms with Gasteiger partial charge in [-0.05, 0) is 23.8 Å². The van der Waals surface area contributed by atoms with Gasteiger partial charge in [-0.3, -0.25) is 9.59 Å². The number of hydrogen-bond donors (Lipinski definition) is 3. The fraction of sp³-hybridized carbons (Fsp3) is 0.200. The summed E-state index contributed by atoms with van der Waals surface area (Å²) >= 11 is 1.47. The number of para-hydroxylation sites is 1. The van der Waals surface area contributed by atoms with Crippen molar-refractivity contribution in [3.8, 4) is 0 Å². The Kier molecular flexibility index (Phi) is 4.94. The average Bonchev–Trinajstić information content (AvgIpc) is 2.84. The molecule has 0 bridgehead atoms. The zero-order chi connectivity index (χ0) is 15.2. The van der Waals surface area contributed by atoms with E-state index in [-0.39, 0.29) is 18.7 Å². The second-order valence-electron chi connectivity index (χ2n) is 4.59. The minimum atomic E-state index is -0.830. The van der Waals surface area contributed by atoms with Crippen molar-refractivity contribution in [2.75, 3.05) is 5.32 Å². The number of aliphatic carboxylic acids is 1. The molecule has 0 unspecified atom stereocenters. The molecule has 2 aromatic rings. The molecule has 0 spiro atoms. The molecule has 6 heteroatoms. The van der Waals surface area contributed by atoms with Crippen molar-refractivity contribution in [2.24, 2.45) is 5.73 Å². The molecule has 5 nitrogen and oxygen atoms in total. The van der Waals surface area contributed by atoms with Crippen LogP contribution in [0.15, 0.2) is 36.4 Å². The highest BCUT2D eigenvalue weighted by molar-refractivity contribution is 7.12. The number of benzene rings is 1. The molecule has 110 valence electrons. The molecule has 0 aliphatic heterocycles. The van der Waals surface area contributed by atoms with Gasteiger partial charge in [-0.1, -0.05) is 18.2 Å². The third-order valence-corrected chi connectivity index (χ3v) is 3.96. The Morgan fingerprint density at radius 1 is 1.10 bits per heavy atom. The summed E-state index contributed by atoms with van der Waals surface area (Å²) in [5.74, 6) is -1.20. The van der Waals surface area contributed by atoms with Gasteiger partial charge < -0.3 is 16.2 Å². The summed E-state index contributed by atoms with van der Waals surface area (Å²) in [6.45, 7) is 0.583. The monoisotopic (exact) mass is 304 g/mol. The summed E-state index contributed by atoms with van der Waals surface area (Å²) in [4.78, 5) is 23.6. The number of carboxylic acid groups (broad SMARTS) is 1. The number of carbonyl (C=O) groups is 2. The van der Waals surface area contributed by atoms with Gasteiger partial charge in [0.25, 0.3) is 0 Å². The number of carboxylic acids is 1. The maximum absolute atomic E-state index is 11.0. The number of rotatable bonds is 7. The lowest BCUT2D eigenvalue weighted by molar-refractivity contribution is -0.136. The number of amides is 1. The molecule has 21 heavy (non-hydrogen) atoms. The van der Waals surface area contributed by atoms with Crippen molar-refractivity contribution in [1.29, 1.82) is 0 Å². The van der Waals surface area contributed by atoms with Gasteiger partial charge in [0.1, 0.15) is 0 Å². The number of hydrogen-bond acceptors (Lipinski definition) is 4. The molecule has 2 rings (SSSR count). The lowest BCUT2D eigenvalue weighted by Crippen LogP contribution is -2.15. The number of anilines is 1. The van der Waals surface area contributed by atoms with Crippen LogP contribution in [0.2, 0.25) is 0 Å². The Balaban J connectivity index is 2.01. The first-order valence-electron chi connectivity index (χ1n) is 6.44. The van der Waals surface area contributed by atoms with Gasteiger partial charge in [0, 0.05) is 22.0 Å². The van der Waals surface area contributed by atoms with Crippen LogP contribution in [-0.4, -0.2) is 17.0 Å². The molecule has 0 atom stereocenters. The predicted octanol–water partition coefficient (Wildman–Crippen LogP) is 2.02. The van der Waals surface area contributed by atoms with Crippen LogP contribution in [0.4, 0.5) is 5.69 Å². The predicted molar refractivity (Wildman–Crippen MR) is 82.3 cm³/mol. The van der Waals surface area contributed by atoms with E-state index < -0.39 is 5.97 Å². The molecule has 1 aromatic carbocycles. The van der Waals surface area contributed by atoms with Crippen molar-refractivity contribution in [3.05, 3.63) is 51.7 Å². The van der Waals surface area contributed by atoms with E-state index in [0.29, 0.717) is 6.54 Å². The maximum atomic E-state index is 11.0. The minimum Gasteiger partial charge on any atom is -0.481 e. The molecule has 1 amide bonds. The molecule has 4 N–H and O–H groups in total. The van der Waals surface area contributed by atoms with Crippen molar-refractivity contribution < 1.29 is 14.7 Å². The number of nitrogens with two attached hydrogens (primary N) is 1. The van der Waals surface area contributed by atoms with Crippen LogP contribution in [-0.2, 0) is 29.0 Å². The van der Waals surface area contributed by atoms with E-state index in [1.54, 1.807) is 0 Å². The Morgan fingerprint density at radius 3 is 2.52 bits per heavy atom. The molecule has 1 aromatic heterocycles. The number of carbonyl (C=O) groups excluding carboxylic acids is 1. The lowest BCUT2D eigenvalue weighted by Gasteiger charge is -2.10. The highest BCUT2D eigenvalue weighted by atomic mass is 32.1. The van der Waals surface area contributed by atoms with E-state index in [0.717, 1.165) is 21.0 Å². The van der Waals surface area contributed by atoms with Gasteiger partial charge in [-0.2, -0.15) is 0 Å². The Labute approximate surface area is 126 Å². The summed E-state index contributed by atoms with van der Waals surface area (Å²) in [5, 5.41) is 12.0. The molecular weight excluding hydrogens is 288 g/mol. The van der Waals surface area contributed by atoms with E-state index >= 15 is 0 Å². The molecule has 0 fully saturated rings. The largest absolute Gasteiger partial charge is 0.481 e. The van der Waals surface area contributed by atoms with E-state index in [2.05, 4.69) is 5.32 Å². The van der Waals surface area contributed by atoms with E-state index in [9.17, 15) is 9.59 Å². The van der Waals surface area contributed by atoms with E-state index in [1.165, 1.54) is 11.3 Å². The summed E-state index contributed by atoms with van der Waals surface area (Å²) in [6, 6.07) is 11.2. The van der Waals surface area contributed by atoms with Gasteiger partial charge in [0.15, 0.2) is 0 Å². The van der Waals surface area contributed by atoms with Crippen LogP contribution >= 0.6 is 11.3 Å². The van der Waals surface area contributed by atoms with Crippen LogP contribution in [0, 0.1) is 0 Å². The Hall–Kier alpha value is -2.34. The third kappa shape index (κ3) is 4.61. The molecular formula is C15H16N2O3S. The van der Waals surface area contributed by atoms with Crippen molar-refractivity contribution in [3.63, 3.8) is 0 Å². The molecule has 0 saturated heterocycles. The van der Waals surface area contributed by atoms with Crippen LogP contribution in [0.5, 0.6) is 0 Å². The zero-order valence-electron chi connectivity index (χ0n) is 11.3. The summed E-state index contributed by atoms with van der Waals surface area (Å²) in [6.07, 6.45) is 0.237. The van der Waals surface area contributed by atoms with Gasteiger partial charge in [-0.15, -0.1) is 11.3 Å². The second-order valence-corrected chi connectivity index (χ2v) is 5.85. The van der Waals surface area contributed by atoms with Gasteiger partial charge in [-0.25, -0.2) is 0 Å². The van der Waals surface area contributed by atoms with Gasteiger partial charge in [0.05, 0.1) is 12.8 Å². The van der Waals surface area contributed by atoms with Crippen molar-refractivity contribution in [2.45, 2.75) is 19.4 Å². The molecule has 1 heterocycles. The van der Waals surface area contributed by atoms with Crippen LogP contribution in [0.25, 0.3) is 0 Å². The fourth-order valence-corrected chi connectivity index (χ4v) is 2.93. The lowest BCUT2D eigenvalue weighted by atomic mass is 10.1. The average molecular weight is 304 g/mol. The molecule has 0 saturated carbocycles. The van der Waals surface area contributed by atoms with Crippen molar-refractivity contribution in [1.82, 2.24) is 0 Å².